The van der Waals surface area contributed by atoms with Crippen molar-refractivity contribution in [3.63, 3.8) is 0 Å². The van der Waals surface area contributed by atoms with Crippen molar-refractivity contribution >= 4 is 5.91 Å². The molecular weight excluding hydrogens is 188 g/mol. The van der Waals surface area contributed by atoms with Crippen LogP contribution in [0.15, 0.2) is 30.3 Å². The van der Waals surface area contributed by atoms with Crippen molar-refractivity contribution in [1.29, 1.82) is 0 Å². The van der Waals surface area contributed by atoms with Crippen LogP contribution in [0.5, 0.6) is 0 Å². The van der Waals surface area contributed by atoms with Gasteiger partial charge in [-0.25, -0.2) is 0 Å². The van der Waals surface area contributed by atoms with Crippen LogP contribution in [0.1, 0.15) is 24.3 Å². The minimum atomic E-state index is -0.237. The molecule has 1 amide bonds. The summed E-state index contributed by atoms with van der Waals surface area (Å²) >= 11 is 0. The Bertz CT molecular complexity index is 337. The van der Waals surface area contributed by atoms with Gasteiger partial charge in [-0.2, -0.15) is 0 Å². The van der Waals surface area contributed by atoms with Crippen molar-refractivity contribution in [2.45, 2.75) is 24.8 Å². The summed E-state index contributed by atoms with van der Waals surface area (Å²) in [6, 6.07) is 11.0. The van der Waals surface area contributed by atoms with Gasteiger partial charge in [-0.3, -0.25) is 4.79 Å². The molecule has 0 radical (unpaired) electrons. The highest BCUT2D eigenvalue weighted by Crippen LogP contribution is 2.40. The molecule has 0 saturated heterocycles. The maximum atomic E-state index is 10.5. The van der Waals surface area contributed by atoms with Crippen molar-refractivity contribution in [1.82, 2.24) is 5.32 Å². The van der Waals surface area contributed by atoms with Crippen LogP contribution in [0, 0.1) is 0 Å². The molecule has 1 aromatic carbocycles. The predicted octanol–water partition coefficient (Wildman–Crippen LogP) is 1.01. The highest BCUT2D eigenvalue weighted by atomic mass is 16.1. The molecule has 0 aromatic heterocycles. The molecule has 2 unspecified atom stereocenters. The Morgan fingerprint density at radius 1 is 1.40 bits per heavy atom. The molecule has 0 heterocycles. The first-order valence-corrected chi connectivity index (χ1v) is 5.34. The van der Waals surface area contributed by atoms with Crippen LogP contribution >= 0.6 is 0 Å². The fourth-order valence-electron chi connectivity index (χ4n) is 1.87. The van der Waals surface area contributed by atoms with E-state index in [1.165, 1.54) is 12.0 Å². The molecule has 0 spiro atoms. The number of nitrogens with two attached hydrogens (primary N) is 1. The summed E-state index contributed by atoms with van der Waals surface area (Å²) in [5.74, 6) is 0.387. The van der Waals surface area contributed by atoms with Crippen molar-refractivity contribution in [3.05, 3.63) is 35.9 Å². The molecule has 1 aromatic rings. The lowest BCUT2D eigenvalue weighted by Crippen LogP contribution is -2.24. The molecule has 0 aliphatic heterocycles. The largest absolute Gasteiger partial charge is 0.370 e. The molecule has 1 saturated carbocycles. The molecule has 0 bridgehead atoms. The molecular formula is C12H16N2O. The molecule has 3 heteroatoms. The second-order valence-electron chi connectivity index (χ2n) is 4.03. The van der Waals surface area contributed by atoms with Crippen LogP contribution < -0.4 is 11.1 Å². The Balaban J connectivity index is 1.75. The summed E-state index contributed by atoms with van der Waals surface area (Å²) < 4.78 is 0. The van der Waals surface area contributed by atoms with E-state index in [9.17, 15) is 4.79 Å². The van der Waals surface area contributed by atoms with Crippen LogP contribution in [0.4, 0.5) is 0 Å². The SMILES string of the molecule is NC(=O)CCNC1CC1c1ccccc1. The fourth-order valence-corrected chi connectivity index (χ4v) is 1.87. The zero-order chi connectivity index (χ0) is 10.7. The minimum absolute atomic E-state index is 0.237. The maximum absolute atomic E-state index is 10.5. The number of carbonyl (C=O) groups excluding carboxylic acids is 1. The first-order chi connectivity index (χ1) is 7.27. The third-order valence-corrected chi connectivity index (χ3v) is 2.80. The third-order valence-electron chi connectivity index (χ3n) is 2.80. The molecule has 2 rings (SSSR count). The summed E-state index contributed by atoms with van der Waals surface area (Å²) in [7, 11) is 0. The molecule has 1 fully saturated rings. The number of hydrogen-bond acceptors (Lipinski definition) is 2. The lowest BCUT2D eigenvalue weighted by molar-refractivity contribution is -0.117. The molecule has 3 nitrogen and oxygen atoms in total. The van der Waals surface area contributed by atoms with Gasteiger partial charge in [-0.1, -0.05) is 30.3 Å². The zero-order valence-electron chi connectivity index (χ0n) is 8.65. The number of primary amides is 1. The van der Waals surface area contributed by atoms with Crippen LogP contribution in [0.25, 0.3) is 0 Å². The van der Waals surface area contributed by atoms with E-state index in [-0.39, 0.29) is 5.91 Å². The predicted molar refractivity (Wildman–Crippen MR) is 59.4 cm³/mol. The second-order valence-corrected chi connectivity index (χ2v) is 4.03. The standard InChI is InChI=1S/C12H16N2O/c13-12(15)6-7-14-11-8-10(11)9-4-2-1-3-5-9/h1-5,10-11,14H,6-8H2,(H2,13,15). The zero-order valence-corrected chi connectivity index (χ0v) is 8.65. The van der Waals surface area contributed by atoms with E-state index in [1.807, 2.05) is 6.07 Å². The van der Waals surface area contributed by atoms with Crippen LogP contribution in [0.3, 0.4) is 0 Å². The molecule has 15 heavy (non-hydrogen) atoms. The maximum Gasteiger partial charge on any atom is 0.218 e. The summed E-state index contributed by atoms with van der Waals surface area (Å²) in [4.78, 5) is 10.5. The average Bonchev–Trinajstić information content (AvgIpc) is 2.98. The van der Waals surface area contributed by atoms with E-state index in [4.69, 9.17) is 5.73 Å². The minimum Gasteiger partial charge on any atom is -0.370 e. The van der Waals surface area contributed by atoms with Gasteiger partial charge in [0.2, 0.25) is 5.91 Å². The Morgan fingerprint density at radius 2 is 2.13 bits per heavy atom. The van der Waals surface area contributed by atoms with Gasteiger partial charge >= 0.3 is 0 Å². The quantitative estimate of drug-likeness (QED) is 0.752. The number of amides is 1. The second kappa shape index (κ2) is 4.45. The number of benzene rings is 1. The van der Waals surface area contributed by atoms with E-state index in [0.717, 1.165) is 0 Å². The molecule has 1 aliphatic carbocycles. The van der Waals surface area contributed by atoms with Gasteiger partial charge in [-0.05, 0) is 12.0 Å². The number of nitrogens with one attached hydrogen (secondary N) is 1. The molecule has 2 atom stereocenters. The van der Waals surface area contributed by atoms with Gasteiger partial charge in [0.1, 0.15) is 0 Å². The summed E-state index contributed by atoms with van der Waals surface area (Å²) in [5, 5.41) is 3.34. The van der Waals surface area contributed by atoms with E-state index >= 15 is 0 Å². The Hall–Kier alpha value is -1.35. The van der Waals surface area contributed by atoms with Gasteiger partial charge in [0.05, 0.1) is 0 Å². The first-order valence-electron chi connectivity index (χ1n) is 5.34. The molecule has 80 valence electrons. The van der Waals surface area contributed by atoms with Gasteiger partial charge in [0.15, 0.2) is 0 Å². The van der Waals surface area contributed by atoms with E-state index in [1.54, 1.807) is 0 Å². The molecule has 3 N–H and O–H groups in total. The normalized spacial score (nSPS) is 23.7. The molecule has 1 aliphatic rings. The third kappa shape index (κ3) is 2.80. The Labute approximate surface area is 89.7 Å². The van der Waals surface area contributed by atoms with Crippen molar-refractivity contribution in [2.75, 3.05) is 6.54 Å². The first kappa shape index (κ1) is 10.2. The van der Waals surface area contributed by atoms with Crippen molar-refractivity contribution < 1.29 is 4.79 Å². The summed E-state index contributed by atoms with van der Waals surface area (Å²) in [6.45, 7) is 0.698. The topological polar surface area (TPSA) is 55.1 Å². The summed E-state index contributed by atoms with van der Waals surface area (Å²) in [6.07, 6.45) is 1.60. The van der Waals surface area contributed by atoms with Gasteiger partial charge in [0, 0.05) is 24.9 Å². The highest BCUT2D eigenvalue weighted by molar-refractivity contribution is 5.73. The van der Waals surface area contributed by atoms with Gasteiger partial charge < -0.3 is 11.1 Å². The Morgan fingerprint density at radius 3 is 2.80 bits per heavy atom. The lowest BCUT2D eigenvalue weighted by Gasteiger charge is -2.02. The van der Waals surface area contributed by atoms with E-state index < -0.39 is 0 Å². The number of rotatable bonds is 5. The van der Waals surface area contributed by atoms with Crippen LogP contribution in [-0.2, 0) is 4.79 Å². The lowest BCUT2D eigenvalue weighted by atomic mass is 10.1. The van der Waals surface area contributed by atoms with Crippen molar-refractivity contribution in [3.8, 4) is 0 Å². The van der Waals surface area contributed by atoms with Gasteiger partial charge in [-0.15, -0.1) is 0 Å². The van der Waals surface area contributed by atoms with E-state index in [2.05, 4.69) is 29.6 Å². The average molecular weight is 204 g/mol. The summed E-state index contributed by atoms with van der Waals surface area (Å²) in [5.41, 5.74) is 6.45. The fraction of sp³-hybridized carbons (Fsp3) is 0.417. The van der Waals surface area contributed by atoms with Crippen LogP contribution in [0.2, 0.25) is 0 Å². The van der Waals surface area contributed by atoms with Crippen LogP contribution in [-0.4, -0.2) is 18.5 Å². The highest BCUT2D eigenvalue weighted by Gasteiger charge is 2.37. The Kier molecular flexibility index (Phi) is 3.02. The number of carbonyl (C=O) groups is 1. The van der Waals surface area contributed by atoms with Crippen molar-refractivity contribution in [2.24, 2.45) is 5.73 Å². The number of hydrogen-bond donors (Lipinski definition) is 2. The smallest absolute Gasteiger partial charge is 0.218 e. The van der Waals surface area contributed by atoms with Gasteiger partial charge in [0.25, 0.3) is 0 Å². The monoisotopic (exact) mass is 204 g/mol. The van der Waals surface area contributed by atoms with E-state index in [0.29, 0.717) is 24.9 Å².